The molecule has 0 fully saturated rings. The largest absolute Gasteiger partial charge is 0.395 e. The Balaban J connectivity index is 2.99. The minimum absolute atomic E-state index is 0.0626. The molecule has 0 aromatic heterocycles. The highest BCUT2D eigenvalue weighted by Gasteiger charge is 2.18. The van der Waals surface area contributed by atoms with Crippen molar-refractivity contribution in [1.82, 2.24) is 4.90 Å². The van der Waals surface area contributed by atoms with Gasteiger partial charge in [0.25, 0.3) is 0 Å². The summed E-state index contributed by atoms with van der Waals surface area (Å²) in [7, 11) is 0. The van der Waals surface area contributed by atoms with Crippen LogP contribution in [0.15, 0.2) is 18.2 Å². The van der Waals surface area contributed by atoms with Crippen LogP contribution in [0.3, 0.4) is 0 Å². The SMILES string of the molecule is CCC(CC)N(CCO)Cc1cccc(C(N)=S)c1F. The molecule has 0 bridgehead atoms. The summed E-state index contributed by atoms with van der Waals surface area (Å²) in [6.45, 7) is 5.24. The second-order valence-corrected chi connectivity index (χ2v) is 5.25. The minimum atomic E-state index is -0.353. The first-order valence-electron chi connectivity index (χ1n) is 6.97. The lowest BCUT2D eigenvalue weighted by molar-refractivity contribution is 0.135. The number of halogens is 1. The molecule has 0 aliphatic carbocycles. The van der Waals surface area contributed by atoms with E-state index in [4.69, 9.17) is 18.0 Å². The van der Waals surface area contributed by atoms with Gasteiger partial charge in [-0.25, -0.2) is 4.39 Å². The molecule has 20 heavy (non-hydrogen) atoms. The van der Waals surface area contributed by atoms with Crippen LogP contribution in [-0.2, 0) is 6.54 Å². The fraction of sp³-hybridized carbons (Fsp3) is 0.533. The minimum Gasteiger partial charge on any atom is -0.395 e. The van der Waals surface area contributed by atoms with Gasteiger partial charge in [-0.1, -0.05) is 38.2 Å². The van der Waals surface area contributed by atoms with E-state index in [2.05, 4.69) is 18.7 Å². The van der Waals surface area contributed by atoms with Crippen LogP contribution in [0.2, 0.25) is 0 Å². The topological polar surface area (TPSA) is 49.5 Å². The molecule has 1 rings (SSSR count). The Labute approximate surface area is 125 Å². The van der Waals surface area contributed by atoms with Gasteiger partial charge in [0.05, 0.1) is 6.61 Å². The lowest BCUT2D eigenvalue weighted by Gasteiger charge is -2.30. The van der Waals surface area contributed by atoms with E-state index < -0.39 is 0 Å². The Morgan fingerprint density at radius 3 is 2.55 bits per heavy atom. The van der Waals surface area contributed by atoms with Crippen LogP contribution in [0.5, 0.6) is 0 Å². The average Bonchev–Trinajstić information content (AvgIpc) is 2.42. The molecule has 0 spiro atoms. The van der Waals surface area contributed by atoms with Crippen LogP contribution in [-0.4, -0.2) is 34.2 Å². The maximum absolute atomic E-state index is 14.3. The number of nitrogens with two attached hydrogens (primary N) is 1. The molecule has 5 heteroatoms. The van der Waals surface area contributed by atoms with E-state index in [1.165, 1.54) is 0 Å². The van der Waals surface area contributed by atoms with Gasteiger partial charge in [-0.15, -0.1) is 0 Å². The van der Waals surface area contributed by atoms with E-state index in [0.717, 1.165) is 12.8 Å². The Hall–Kier alpha value is -1.04. The highest BCUT2D eigenvalue weighted by molar-refractivity contribution is 7.80. The summed E-state index contributed by atoms with van der Waals surface area (Å²) >= 11 is 4.86. The molecule has 0 atom stereocenters. The van der Waals surface area contributed by atoms with Gasteiger partial charge < -0.3 is 10.8 Å². The van der Waals surface area contributed by atoms with Gasteiger partial charge in [0.15, 0.2) is 0 Å². The van der Waals surface area contributed by atoms with E-state index in [1.807, 2.05) is 0 Å². The molecule has 0 radical (unpaired) electrons. The number of rotatable bonds is 8. The normalized spacial score (nSPS) is 11.3. The van der Waals surface area contributed by atoms with Gasteiger partial charge in [-0.3, -0.25) is 4.90 Å². The Bertz CT molecular complexity index is 449. The number of thiocarbonyl (C=S) groups is 1. The lowest BCUT2D eigenvalue weighted by Crippen LogP contribution is -2.36. The van der Waals surface area contributed by atoms with Crippen LogP contribution in [0.25, 0.3) is 0 Å². The average molecular weight is 298 g/mol. The zero-order chi connectivity index (χ0) is 15.1. The number of hydrogen-bond donors (Lipinski definition) is 2. The fourth-order valence-corrected chi connectivity index (χ4v) is 2.59. The summed E-state index contributed by atoms with van der Waals surface area (Å²) in [5.74, 6) is -0.353. The lowest BCUT2D eigenvalue weighted by atomic mass is 10.1. The van der Waals surface area contributed by atoms with E-state index in [9.17, 15) is 9.50 Å². The van der Waals surface area contributed by atoms with E-state index >= 15 is 0 Å². The van der Waals surface area contributed by atoms with Crippen molar-refractivity contribution in [2.24, 2.45) is 5.73 Å². The number of hydrogen-bond acceptors (Lipinski definition) is 3. The molecule has 3 N–H and O–H groups in total. The van der Waals surface area contributed by atoms with Gasteiger partial charge in [0.2, 0.25) is 0 Å². The molecule has 0 heterocycles. The number of benzene rings is 1. The first-order valence-corrected chi connectivity index (χ1v) is 7.38. The van der Waals surface area contributed by atoms with Crippen molar-refractivity contribution >= 4 is 17.2 Å². The van der Waals surface area contributed by atoms with Gasteiger partial charge in [-0.2, -0.15) is 0 Å². The molecule has 3 nitrogen and oxygen atoms in total. The molecule has 0 saturated carbocycles. The molecule has 0 aliphatic rings. The predicted octanol–water partition coefficient (Wildman–Crippen LogP) is 2.44. The fourth-order valence-electron chi connectivity index (χ4n) is 2.44. The number of nitrogens with zero attached hydrogens (tertiary/aromatic N) is 1. The first-order chi connectivity index (χ1) is 9.54. The highest BCUT2D eigenvalue weighted by atomic mass is 32.1. The summed E-state index contributed by atoms with van der Waals surface area (Å²) in [5.41, 5.74) is 6.37. The van der Waals surface area contributed by atoms with Crippen LogP contribution < -0.4 is 5.73 Å². The number of aliphatic hydroxyl groups is 1. The second kappa shape index (κ2) is 8.29. The summed E-state index contributed by atoms with van der Waals surface area (Å²) in [5, 5.41) is 9.19. The maximum Gasteiger partial charge on any atom is 0.137 e. The Kier molecular flexibility index (Phi) is 7.05. The third-order valence-corrected chi connectivity index (χ3v) is 3.78. The molecular weight excluding hydrogens is 275 g/mol. The molecule has 0 saturated heterocycles. The van der Waals surface area contributed by atoms with E-state index in [0.29, 0.717) is 24.7 Å². The summed E-state index contributed by atoms with van der Waals surface area (Å²) < 4.78 is 14.3. The van der Waals surface area contributed by atoms with E-state index in [-0.39, 0.29) is 23.0 Å². The van der Waals surface area contributed by atoms with Gasteiger partial charge in [-0.05, 0) is 18.9 Å². The second-order valence-electron chi connectivity index (χ2n) is 4.81. The van der Waals surface area contributed by atoms with Crippen molar-refractivity contribution in [2.45, 2.75) is 39.3 Å². The van der Waals surface area contributed by atoms with Crippen LogP contribution >= 0.6 is 12.2 Å². The standard InChI is InChI=1S/C15H23FN2OS/c1-3-12(4-2)18(8-9-19)10-11-6-5-7-13(14(11)16)15(17)20/h5-7,12,19H,3-4,8-10H2,1-2H3,(H2,17,20). The van der Waals surface area contributed by atoms with E-state index in [1.54, 1.807) is 18.2 Å². The predicted molar refractivity (Wildman–Crippen MR) is 84.2 cm³/mol. The smallest absolute Gasteiger partial charge is 0.137 e. The van der Waals surface area contributed by atoms with Gasteiger partial charge in [0.1, 0.15) is 10.8 Å². The van der Waals surface area contributed by atoms with Gasteiger partial charge in [0, 0.05) is 30.3 Å². The highest BCUT2D eigenvalue weighted by Crippen LogP contribution is 2.18. The molecule has 112 valence electrons. The quantitative estimate of drug-likeness (QED) is 0.724. The van der Waals surface area contributed by atoms with Crippen LogP contribution in [0, 0.1) is 5.82 Å². The van der Waals surface area contributed by atoms with Crippen LogP contribution in [0.4, 0.5) is 4.39 Å². The van der Waals surface area contributed by atoms with Crippen LogP contribution in [0.1, 0.15) is 37.8 Å². The molecule has 0 amide bonds. The van der Waals surface area contributed by atoms with Crippen molar-refractivity contribution in [3.8, 4) is 0 Å². The van der Waals surface area contributed by atoms with Crippen molar-refractivity contribution in [3.05, 3.63) is 35.1 Å². The molecule has 0 aliphatic heterocycles. The molecular formula is C15H23FN2OS. The first kappa shape index (κ1) is 17.0. The summed E-state index contributed by atoms with van der Waals surface area (Å²) in [4.78, 5) is 2.17. The third kappa shape index (κ3) is 4.23. The van der Waals surface area contributed by atoms with Crippen molar-refractivity contribution < 1.29 is 9.50 Å². The summed E-state index contributed by atoms with van der Waals surface area (Å²) in [6, 6.07) is 5.42. The third-order valence-electron chi connectivity index (χ3n) is 3.56. The maximum atomic E-state index is 14.3. The molecule has 0 unspecified atom stereocenters. The zero-order valence-corrected chi connectivity index (χ0v) is 12.9. The molecule has 1 aromatic rings. The number of aliphatic hydroxyl groups excluding tert-OH is 1. The van der Waals surface area contributed by atoms with Gasteiger partial charge >= 0.3 is 0 Å². The van der Waals surface area contributed by atoms with Crippen molar-refractivity contribution in [1.29, 1.82) is 0 Å². The summed E-state index contributed by atoms with van der Waals surface area (Å²) in [6.07, 6.45) is 1.93. The van der Waals surface area contributed by atoms with Crippen molar-refractivity contribution in [3.63, 3.8) is 0 Å². The Morgan fingerprint density at radius 1 is 1.40 bits per heavy atom. The molecule has 1 aromatic carbocycles. The zero-order valence-electron chi connectivity index (χ0n) is 12.1. The Morgan fingerprint density at radius 2 is 2.05 bits per heavy atom. The monoisotopic (exact) mass is 298 g/mol. The van der Waals surface area contributed by atoms with Crippen molar-refractivity contribution in [2.75, 3.05) is 13.2 Å².